The first-order valence-corrected chi connectivity index (χ1v) is 28.0. The number of piperazine rings is 1. The van der Waals surface area contributed by atoms with Gasteiger partial charge in [-0.05, 0) is 86.0 Å². The van der Waals surface area contributed by atoms with Gasteiger partial charge in [0.25, 0.3) is 5.88 Å². The van der Waals surface area contributed by atoms with Crippen molar-refractivity contribution in [3.8, 4) is 39.2 Å². The summed E-state index contributed by atoms with van der Waals surface area (Å²) in [5.74, 6) is 0.338. The molecule has 20 heteroatoms. The number of rotatable bonds is 18. The Kier molecular flexibility index (Phi) is 15.3. The number of aromatic hydroxyl groups is 1. The Labute approximate surface area is 452 Å². The van der Waals surface area contributed by atoms with Crippen molar-refractivity contribution in [2.45, 2.75) is 127 Å². The molecule has 1 aliphatic carbocycles. The highest BCUT2D eigenvalue weighted by molar-refractivity contribution is 7.13. The number of aromatic nitrogens is 5. The molecule has 0 radical (unpaired) electrons. The van der Waals surface area contributed by atoms with Gasteiger partial charge in [0, 0.05) is 100 Å². The molecule has 2 amide bonds. The van der Waals surface area contributed by atoms with Gasteiger partial charge >= 0.3 is 0 Å². The molecule has 5 aliphatic rings. The highest BCUT2D eigenvalue weighted by atomic mass is 32.1. The third-order valence-corrected chi connectivity index (χ3v) is 17.1. The number of phenols is 1. The van der Waals surface area contributed by atoms with Crippen LogP contribution in [0.1, 0.15) is 94.7 Å². The van der Waals surface area contributed by atoms with E-state index in [0.29, 0.717) is 47.7 Å². The molecule has 1 unspecified atom stereocenters. The first-order chi connectivity index (χ1) is 37.3. The fourth-order valence-corrected chi connectivity index (χ4v) is 12.7. The maximum atomic E-state index is 14.2. The van der Waals surface area contributed by atoms with Gasteiger partial charge in [0.2, 0.25) is 17.7 Å². The second kappa shape index (κ2) is 22.6. The van der Waals surface area contributed by atoms with E-state index in [1.165, 1.54) is 4.90 Å². The zero-order chi connectivity index (χ0) is 53.3. The Hall–Kier alpha value is -6.87. The van der Waals surface area contributed by atoms with E-state index in [1.54, 1.807) is 29.5 Å². The van der Waals surface area contributed by atoms with Gasteiger partial charge in [-0.15, -0.1) is 21.5 Å². The van der Waals surface area contributed by atoms with Crippen LogP contribution in [0.3, 0.4) is 0 Å². The van der Waals surface area contributed by atoms with Crippen molar-refractivity contribution in [1.82, 2.24) is 40.4 Å². The summed E-state index contributed by atoms with van der Waals surface area (Å²) >= 11 is 1.59. The smallest absolute Gasteiger partial charge is 0.254 e. The number of aryl methyl sites for hydroxylation is 1. The minimum Gasteiger partial charge on any atom is -0.507 e. The van der Waals surface area contributed by atoms with Gasteiger partial charge < -0.3 is 54.7 Å². The number of phenolic OH excluding ortho intramolecular Hbond substituents is 1. The second-order valence-electron chi connectivity index (χ2n) is 21.7. The van der Waals surface area contributed by atoms with Crippen molar-refractivity contribution in [3.63, 3.8) is 0 Å². The summed E-state index contributed by atoms with van der Waals surface area (Å²) in [6.45, 7) is 12.3. The van der Waals surface area contributed by atoms with Gasteiger partial charge in [0.1, 0.15) is 30.4 Å². The molecule has 11 rings (SSSR count). The minimum atomic E-state index is -0.830. The third-order valence-electron chi connectivity index (χ3n) is 16.1. The van der Waals surface area contributed by atoms with Gasteiger partial charge in [-0.3, -0.25) is 14.5 Å². The molecule has 2 aromatic carbocycles. The monoisotopic (exact) mass is 1070 g/mol. The topological polar surface area (TPSA) is 231 Å². The number of thiazole rings is 1. The highest BCUT2D eigenvalue weighted by Crippen LogP contribution is 2.41. The molecule has 6 aromatic rings. The predicted molar refractivity (Wildman–Crippen MR) is 292 cm³/mol. The number of para-hydroxylation sites is 1. The van der Waals surface area contributed by atoms with Crippen LogP contribution in [0, 0.1) is 12.8 Å². The van der Waals surface area contributed by atoms with Gasteiger partial charge in [-0.25, -0.2) is 9.97 Å². The van der Waals surface area contributed by atoms with E-state index in [0.717, 1.165) is 97.8 Å². The Balaban J connectivity index is 0.601. The quantitative estimate of drug-likeness (QED) is 0.0669. The SMILES string of the molecule is Cc1ncsc1-c1ccc([C@H](C)NC(=O)[C@@H]2C[C@@H](O)CN2C(=O)[C@H](c2cc(OCCN3CCC(OC4CC(Oc5cc(N6C7CC[C@@H]6CN(c6cc(-c8ccccc8O)nnc6N)C7)ccn5)C4)CC3)no2)C(C)C)cc1. The number of carbonyl (C=O) groups excluding carboxylic acids is 2. The van der Waals surface area contributed by atoms with Crippen LogP contribution >= 0.6 is 11.3 Å². The number of β-amino-alcohol motifs (C(OH)–C–C–N with tert-alkyl or cyclic N) is 1. The molecular weight excluding hydrogens is 999 g/mol. The number of amides is 2. The molecule has 0 spiro atoms. The number of pyridine rings is 1. The number of fused-ring (bicyclic) bond motifs is 2. The van der Waals surface area contributed by atoms with Crippen LogP contribution in [-0.2, 0) is 14.3 Å². The third kappa shape index (κ3) is 11.4. The molecule has 6 atom stereocenters. The number of hydrogen-bond acceptors (Lipinski definition) is 18. The van der Waals surface area contributed by atoms with Crippen molar-refractivity contribution < 1.29 is 38.5 Å². The minimum absolute atomic E-state index is 0.0528. The Bertz CT molecular complexity index is 3000. The summed E-state index contributed by atoms with van der Waals surface area (Å²) in [5, 5.41) is 37.0. The summed E-state index contributed by atoms with van der Waals surface area (Å²) in [6, 6.07) is 22.4. The maximum Gasteiger partial charge on any atom is 0.254 e. The first kappa shape index (κ1) is 52.2. The summed E-state index contributed by atoms with van der Waals surface area (Å²) < 4.78 is 24.8. The molecule has 5 N–H and O–H groups in total. The Morgan fingerprint density at radius 1 is 0.883 bits per heavy atom. The summed E-state index contributed by atoms with van der Waals surface area (Å²) in [4.78, 5) is 46.7. The molecule has 19 nitrogen and oxygen atoms in total. The summed E-state index contributed by atoms with van der Waals surface area (Å²) in [5.41, 5.74) is 14.4. The number of likely N-dealkylation sites (tertiary alicyclic amines) is 2. The fraction of sp³-hybridized carbons (Fsp3) is 0.491. The average molecular weight is 1070 g/mol. The fourth-order valence-electron chi connectivity index (χ4n) is 11.9. The number of hydrogen-bond donors (Lipinski definition) is 4. The lowest BCUT2D eigenvalue weighted by Crippen LogP contribution is -2.54. The van der Waals surface area contributed by atoms with E-state index < -0.39 is 18.1 Å². The lowest BCUT2D eigenvalue weighted by molar-refractivity contribution is -0.141. The van der Waals surface area contributed by atoms with Crippen molar-refractivity contribution in [2.75, 3.05) is 61.4 Å². The van der Waals surface area contributed by atoms with Crippen LogP contribution in [0.15, 0.2) is 89.0 Å². The molecule has 1 saturated carbocycles. The van der Waals surface area contributed by atoms with Crippen molar-refractivity contribution >= 4 is 40.3 Å². The average Bonchev–Trinajstić information content (AvgIpc) is 4.22. The highest BCUT2D eigenvalue weighted by Gasteiger charge is 2.45. The number of anilines is 3. The normalized spacial score (nSPS) is 23.5. The molecule has 77 heavy (non-hydrogen) atoms. The van der Waals surface area contributed by atoms with E-state index in [9.17, 15) is 19.8 Å². The maximum absolute atomic E-state index is 14.2. The molecule has 4 aromatic heterocycles. The van der Waals surface area contributed by atoms with Crippen molar-refractivity contribution in [1.29, 1.82) is 0 Å². The van der Waals surface area contributed by atoms with Gasteiger partial charge in [0.15, 0.2) is 11.6 Å². The van der Waals surface area contributed by atoms with Crippen LogP contribution in [0.2, 0.25) is 0 Å². The number of aliphatic hydroxyl groups excluding tert-OH is 1. The number of carbonyl (C=O) groups is 2. The van der Waals surface area contributed by atoms with Crippen LogP contribution in [0.25, 0.3) is 21.7 Å². The van der Waals surface area contributed by atoms with Gasteiger partial charge in [-0.1, -0.05) is 50.2 Å². The number of aliphatic hydroxyl groups is 1. The molecule has 4 aliphatic heterocycles. The van der Waals surface area contributed by atoms with Crippen LogP contribution in [0.4, 0.5) is 17.2 Å². The molecular formula is C57H69N11O8S. The van der Waals surface area contributed by atoms with E-state index in [-0.39, 0.29) is 72.9 Å². The van der Waals surface area contributed by atoms with E-state index >= 15 is 0 Å². The van der Waals surface area contributed by atoms with Gasteiger partial charge in [-0.2, -0.15) is 0 Å². The first-order valence-electron chi connectivity index (χ1n) is 27.2. The number of ether oxygens (including phenoxy) is 3. The number of benzene rings is 2. The second-order valence-corrected chi connectivity index (χ2v) is 22.6. The van der Waals surface area contributed by atoms with E-state index in [2.05, 4.69) is 57.5 Å². The summed E-state index contributed by atoms with van der Waals surface area (Å²) in [7, 11) is 0. The van der Waals surface area contributed by atoms with Crippen molar-refractivity contribution in [3.05, 3.63) is 102 Å². The molecule has 8 heterocycles. The number of nitrogen functional groups attached to an aromatic ring is 1. The lowest BCUT2D eigenvalue weighted by Gasteiger charge is -2.43. The molecule has 4 saturated heterocycles. The van der Waals surface area contributed by atoms with Gasteiger partial charge in [0.05, 0.1) is 51.8 Å². The number of nitrogens with zero attached hydrogens (tertiary/aromatic N) is 9. The number of nitrogens with one attached hydrogen (secondary N) is 1. The van der Waals surface area contributed by atoms with Crippen molar-refractivity contribution in [2.24, 2.45) is 5.92 Å². The standard InChI is InChI=1S/C57H69N11O8S/c1-33(2)53(57(72)67-31-41(69)24-48(67)56(71)61-34(3)36-9-11-37(12-10-36)54-35(4)60-32-77-54)50-28-52(64-76-50)73-22-21-65-19-16-42(17-20-65)74-43-25-44(26-43)75-51-23-38(15-18-59-51)68-39-13-14-40(68)30-66(29-39)47-27-46(62-63-55(47)58)45-7-5-6-8-49(45)70/h5-12,15,18,23,27-28,32-34,39-44,48,53,69-70H,13-14,16-17,19-22,24-26,29-31H2,1-4H3,(H2,58,63)(H,61,71)/t34-,39+,40?,41+,43?,44?,48-,53-/m0/s1. The number of piperidine rings is 1. The Morgan fingerprint density at radius 3 is 2.38 bits per heavy atom. The van der Waals surface area contributed by atoms with E-state index in [4.69, 9.17) is 24.5 Å². The van der Waals surface area contributed by atoms with Crippen LogP contribution < -0.4 is 30.3 Å². The Morgan fingerprint density at radius 2 is 1.65 bits per heavy atom. The lowest BCUT2D eigenvalue weighted by atomic mass is 9.91. The summed E-state index contributed by atoms with van der Waals surface area (Å²) in [6.07, 6.45) is 7.23. The molecule has 406 valence electrons. The molecule has 5 fully saturated rings. The zero-order valence-corrected chi connectivity index (χ0v) is 44.9. The predicted octanol–water partition coefficient (Wildman–Crippen LogP) is 7.15. The molecule has 2 bridgehead atoms. The van der Waals surface area contributed by atoms with Crippen LogP contribution in [-0.4, -0.2) is 146 Å². The zero-order valence-electron chi connectivity index (χ0n) is 44.1. The van der Waals surface area contributed by atoms with Crippen LogP contribution in [0.5, 0.6) is 17.5 Å². The van der Waals surface area contributed by atoms with E-state index in [1.807, 2.05) is 81.9 Å². The number of nitrogens with two attached hydrogens (primary N) is 1. The largest absolute Gasteiger partial charge is 0.507 e.